The number of aliphatic hydroxyl groups excluding tert-OH is 3. The van der Waals surface area contributed by atoms with Gasteiger partial charge in [-0.1, -0.05) is 48.5 Å². The molecule has 0 saturated heterocycles. The normalized spacial score (nSPS) is 55.4. The summed E-state index contributed by atoms with van der Waals surface area (Å²) in [4.78, 5) is 12.5. The molecule has 0 aliphatic heterocycles. The van der Waals surface area contributed by atoms with Gasteiger partial charge in [-0.05, 0) is 91.3 Å². The first-order valence-corrected chi connectivity index (χ1v) is 15.5. The lowest BCUT2D eigenvalue weighted by Crippen LogP contribution is -2.73. The predicted molar refractivity (Wildman–Crippen MR) is 146 cm³/mol. The van der Waals surface area contributed by atoms with Gasteiger partial charge in [0.2, 0.25) is 0 Å². The molecule has 4 N–H and O–H groups in total. The Balaban J connectivity index is 1.52. The second-order valence-corrected chi connectivity index (χ2v) is 15.6. The van der Waals surface area contributed by atoms with Crippen molar-refractivity contribution in [3.8, 4) is 0 Å². The molecule has 38 heavy (non-hydrogen) atoms. The second kappa shape index (κ2) is 9.16. The van der Waals surface area contributed by atoms with Crippen molar-refractivity contribution >= 4 is 5.97 Å². The van der Waals surface area contributed by atoms with Crippen LogP contribution in [-0.4, -0.2) is 56.4 Å². The molecule has 218 valence electrons. The third-order valence-corrected chi connectivity index (χ3v) is 13.9. The average Bonchev–Trinajstić information content (AvgIpc) is 3.39. The third kappa shape index (κ3) is 3.75. The second-order valence-electron chi connectivity index (χ2n) is 15.6. The Bertz CT molecular complexity index is 937. The summed E-state index contributed by atoms with van der Waals surface area (Å²) in [5.74, 6) is 2.22. The number of hydrogen-bond donors (Lipinski definition) is 4. The number of fused-ring (bicyclic) bond motifs is 5. The Morgan fingerprint density at radius 3 is 2.21 bits per heavy atom. The molecule has 0 unspecified atom stereocenters. The van der Waals surface area contributed by atoms with Crippen LogP contribution in [0.2, 0.25) is 0 Å². The molecule has 5 saturated carbocycles. The van der Waals surface area contributed by atoms with Crippen LogP contribution in [0.25, 0.3) is 0 Å². The summed E-state index contributed by atoms with van der Waals surface area (Å²) in [5, 5.41) is 45.9. The van der Waals surface area contributed by atoms with Crippen LogP contribution in [0, 0.1) is 63.6 Å². The van der Waals surface area contributed by atoms with Gasteiger partial charge < -0.3 is 25.2 Å². The maximum atomic E-state index is 12.5. The molecule has 0 bridgehead atoms. The third-order valence-electron chi connectivity index (χ3n) is 13.9. The Kier molecular flexibility index (Phi) is 6.95. The van der Waals surface area contributed by atoms with Crippen LogP contribution in [0.15, 0.2) is 0 Å². The van der Waals surface area contributed by atoms with E-state index in [2.05, 4.69) is 41.5 Å². The first-order chi connectivity index (χ1) is 17.5. The molecule has 0 radical (unpaired) electrons. The van der Waals surface area contributed by atoms with Crippen LogP contribution in [0.1, 0.15) is 100 Å². The van der Waals surface area contributed by atoms with E-state index < -0.39 is 40.8 Å². The Hall–Kier alpha value is -0.690. The summed E-state index contributed by atoms with van der Waals surface area (Å²) in [6.45, 7) is 17.5. The van der Waals surface area contributed by atoms with E-state index in [9.17, 15) is 25.2 Å². The van der Waals surface area contributed by atoms with E-state index in [1.165, 1.54) is 13.3 Å². The van der Waals surface area contributed by atoms with Gasteiger partial charge in [-0.3, -0.25) is 4.79 Å². The Labute approximate surface area is 229 Å². The molecule has 0 spiro atoms. The van der Waals surface area contributed by atoms with Crippen molar-refractivity contribution in [3.05, 3.63) is 0 Å². The lowest BCUT2D eigenvalue weighted by atomic mass is 9.41. The van der Waals surface area contributed by atoms with Gasteiger partial charge in [0.05, 0.1) is 23.9 Å². The maximum absolute atomic E-state index is 12.5. The molecular formula is C32H54O6. The van der Waals surface area contributed by atoms with Gasteiger partial charge in [-0.15, -0.1) is 0 Å². The SMILES string of the molecule is CC(=O)O[C@H]1[C@@H](O)[C@H]2[C@@H](C[C@@H](O)[C@@]3(O)C[C@@H](O)CC[C@]23C)[C@@H]2CC[C@H]([C@H](C)[C@H]3C[C@]3(C)[C@H](C)C(C)C)[C@]21C. The van der Waals surface area contributed by atoms with Gasteiger partial charge in [0.25, 0.3) is 0 Å². The molecule has 5 rings (SSSR count). The van der Waals surface area contributed by atoms with Gasteiger partial charge in [-0.25, -0.2) is 0 Å². The van der Waals surface area contributed by atoms with E-state index in [1.807, 2.05) is 6.92 Å². The minimum Gasteiger partial charge on any atom is -0.459 e. The van der Waals surface area contributed by atoms with Crippen molar-refractivity contribution < 1.29 is 30.0 Å². The highest BCUT2D eigenvalue weighted by Gasteiger charge is 2.73. The lowest BCUT2D eigenvalue weighted by molar-refractivity contribution is -0.302. The fraction of sp³-hybridized carbons (Fsp3) is 0.969. The molecule has 5 fully saturated rings. The maximum Gasteiger partial charge on any atom is 0.303 e. The number of aliphatic hydroxyl groups is 4. The van der Waals surface area contributed by atoms with E-state index in [1.54, 1.807) is 0 Å². The zero-order valence-electron chi connectivity index (χ0n) is 25.0. The number of esters is 1. The first-order valence-electron chi connectivity index (χ1n) is 15.5. The van der Waals surface area contributed by atoms with Gasteiger partial charge in [0, 0.05) is 24.2 Å². The van der Waals surface area contributed by atoms with Crippen molar-refractivity contribution in [3.63, 3.8) is 0 Å². The van der Waals surface area contributed by atoms with Crippen LogP contribution in [0.5, 0.6) is 0 Å². The monoisotopic (exact) mass is 534 g/mol. The standard InChI is InChI=1S/C32H54O6/c1-16(2)18(4)29(6)15-24(29)17(3)22-9-10-23-21-13-25(35)32(37)14-20(34)11-12-30(32,7)26(21)27(36)28(31(22,23)8)38-19(5)33/h16-18,20-28,34-37H,9-15H2,1-8H3/t17-,18+,20-,21-,22+,23-,24+,25+,26+,27-,28-,29+,30+,31+,32-/m0/s1. The highest BCUT2D eigenvalue weighted by molar-refractivity contribution is 5.66. The highest BCUT2D eigenvalue weighted by atomic mass is 16.6. The average molecular weight is 535 g/mol. The Morgan fingerprint density at radius 1 is 0.947 bits per heavy atom. The van der Waals surface area contributed by atoms with E-state index in [4.69, 9.17) is 4.74 Å². The van der Waals surface area contributed by atoms with Gasteiger partial charge in [-0.2, -0.15) is 0 Å². The zero-order chi connectivity index (χ0) is 28.2. The van der Waals surface area contributed by atoms with Crippen LogP contribution in [-0.2, 0) is 9.53 Å². The van der Waals surface area contributed by atoms with Crippen molar-refractivity contribution in [2.45, 2.75) is 130 Å². The van der Waals surface area contributed by atoms with Crippen LogP contribution in [0.4, 0.5) is 0 Å². The van der Waals surface area contributed by atoms with Crippen LogP contribution in [0.3, 0.4) is 0 Å². The molecule has 0 aromatic heterocycles. The van der Waals surface area contributed by atoms with Crippen molar-refractivity contribution in [2.24, 2.45) is 63.6 Å². The fourth-order valence-electron chi connectivity index (χ4n) is 11.3. The van der Waals surface area contributed by atoms with E-state index >= 15 is 0 Å². The minimum atomic E-state index is -1.46. The van der Waals surface area contributed by atoms with E-state index in [0.29, 0.717) is 54.3 Å². The minimum absolute atomic E-state index is 0.0368. The first kappa shape index (κ1) is 28.8. The highest BCUT2D eigenvalue weighted by Crippen LogP contribution is 2.72. The molecule has 0 amide bonds. The molecule has 0 aromatic carbocycles. The largest absolute Gasteiger partial charge is 0.459 e. The van der Waals surface area contributed by atoms with Gasteiger partial charge >= 0.3 is 5.97 Å². The number of carbonyl (C=O) groups is 1. The molecule has 5 aliphatic carbocycles. The summed E-state index contributed by atoms with van der Waals surface area (Å²) in [6, 6.07) is 0. The van der Waals surface area contributed by atoms with Gasteiger partial charge in [0.15, 0.2) is 0 Å². The number of hydrogen-bond acceptors (Lipinski definition) is 6. The summed E-state index contributed by atoms with van der Waals surface area (Å²) in [5.41, 5.74) is -2.30. The summed E-state index contributed by atoms with van der Waals surface area (Å²) < 4.78 is 6.11. The fourth-order valence-corrected chi connectivity index (χ4v) is 11.3. The zero-order valence-corrected chi connectivity index (χ0v) is 25.0. The summed E-state index contributed by atoms with van der Waals surface area (Å²) in [7, 11) is 0. The molecule has 0 aromatic rings. The molecule has 0 heterocycles. The molecule has 5 aliphatic rings. The van der Waals surface area contributed by atoms with E-state index in [0.717, 1.165) is 12.8 Å². The topological polar surface area (TPSA) is 107 Å². The summed E-state index contributed by atoms with van der Waals surface area (Å²) >= 11 is 0. The van der Waals surface area contributed by atoms with Gasteiger partial charge in [0.1, 0.15) is 6.10 Å². The summed E-state index contributed by atoms with van der Waals surface area (Å²) in [6.07, 6.45) is 1.69. The van der Waals surface area contributed by atoms with Crippen molar-refractivity contribution in [1.82, 2.24) is 0 Å². The van der Waals surface area contributed by atoms with E-state index in [-0.39, 0.29) is 30.1 Å². The lowest BCUT2D eigenvalue weighted by Gasteiger charge is -2.67. The quantitative estimate of drug-likeness (QED) is 0.385. The van der Waals surface area contributed by atoms with Crippen LogP contribution < -0.4 is 0 Å². The smallest absolute Gasteiger partial charge is 0.303 e. The molecule has 6 heteroatoms. The number of carbonyl (C=O) groups excluding carboxylic acids is 1. The molecular weight excluding hydrogens is 480 g/mol. The van der Waals surface area contributed by atoms with Crippen molar-refractivity contribution in [2.75, 3.05) is 0 Å². The molecule has 6 nitrogen and oxygen atoms in total. The predicted octanol–water partition coefficient (Wildman–Crippen LogP) is 4.56. The number of ether oxygens (including phenoxy) is 1. The number of rotatable bonds is 5. The molecule has 15 atom stereocenters. The Morgan fingerprint density at radius 2 is 1.61 bits per heavy atom. The van der Waals surface area contributed by atoms with Crippen molar-refractivity contribution in [1.29, 1.82) is 0 Å². The van der Waals surface area contributed by atoms with Crippen LogP contribution >= 0.6 is 0 Å².